The molecule has 1 heterocycles. The molecular formula is C15H23NO3. The summed E-state index contributed by atoms with van der Waals surface area (Å²) < 4.78 is 11.6. The molecule has 0 aliphatic carbocycles. The highest BCUT2D eigenvalue weighted by Crippen LogP contribution is 2.22. The van der Waals surface area contributed by atoms with Gasteiger partial charge in [0.25, 0.3) is 0 Å². The predicted octanol–water partition coefficient (Wildman–Crippen LogP) is 1.38. The first-order chi connectivity index (χ1) is 9.20. The van der Waals surface area contributed by atoms with Gasteiger partial charge in [-0.2, -0.15) is 0 Å². The number of nitrogens with zero attached hydrogens (tertiary/aromatic N) is 1. The molecule has 1 unspecified atom stereocenters. The summed E-state index contributed by atoms with van der Waals surface area (Å²) in [4.78, 5) is 2.21. The average Bonchev–Trinajstić information content (AvgIpc) is 2.39. The van der Waals surface area contributed by atoms with Crippen LogP contribution in [0.4, 0.5) is 0 Å². The molecule has 0 aromatic heterocycles. The van der Waals surface area contributed by atoms with Gasteiger partial charge in [0.1, 0.15) is 18.5 Å². The molecular weight excluding hydrogens is 242 g/mol. The van der Waals surface area contributed by atoms with Gasteiger partial charge in [-0.05, 0) is 25.0 Å². The van der Waals surface area contributed by atoms with Gasteiger partial charge < -0.3 is 14.6 Å². The minimum atomic E-state index is 0.0827. The fourth-order valence-corrected chi connectivity index (χ4v) is 2.43. The Morgan fingerprint density at radius 3 is 2.79 bits per heavy atom. The highest BCUT2D eigenvalue weighted by Gasteiger charge is 2.20. The van der Waals surface area contributed by atoms with E-state index in [1.165, 1.54) is 0 Å². The van der Waals surface area contributed by atoms with E-state index in [9.17, 15) is 0 Å². The number of benzene rings is 1. The molecule has 4 nitrogen and oxygen atoms in total. The number of rotatable bonds is 5. The predicted molar refractivity (Wildman–Crippen MR) is 74.7 cm³/mol. The molecule has 1 aromatic carbocycles. The van der Waals surface area contributed by atoms with Gasteiger partial charge >= 0.3 is 0 Å². The van der Waals surface area contributed by atoms with Gasteiger partial charge in [0.05, 0.1) is 13.2 Å². The number of para-hydroxylation sites is 1. The third-order valence-corrected chi connectivity index (χ3v) is 3.46. The Balaban J connectivity index is 1.88. The average molecular weight is 265 g/mol. The number of aryl methyl sites for hydroxylation is 2. The Kier molecular flexibility index (Phi) is 5.19. The number of hydrogen-bond donors (Lipinski definition) is 1. The van der Waals surface area contributed by atoms with Crippen LogP contribution in [0.3, 0.4) is 0 Å². The highest BCUT2D eigenvalue weighted by molar-refractivity contribution is 5.39. The molecule has 1 aliphatic rings. The van der Waals surface area contributed by atoms with E-state index in [4.69, 9.17) is 14.6 Å². The largest absolute Gasteiger partial charge is 0.490 e. The number of ether oxygens (including phenoxy) is 2. The van der Waals surface area contributed by atoms with E-state index in [1.54, 1.807) is 0 Å². The number of β-amino-alcohol motifs (C(OH)–C–C–N with tert-alkyl or cyclic N) is 1. The summed E-state index contributed by atoms with van der Waals surface area (Å²) in [5, 5.41) is 8.97. The Morgan fingerprint density at radius 1 is 1.37 bits per heavy atom. The summed E-state index contributed by atoms with van der Waals surface area (Å²) in [6.45, 7) is 8.01. The summed E-state index contributed by atoms with van der Waals surface area (Å²) >= 11 is 0. The molecule has 0 amide bonds. The smallest absolute Gasteiger partial charge is 0.125 e. The van der Waals surface area contributed by atoms with Crippen molar-refractivity contribution in [2.45, 2.75) is 20.0 Å². The minimum Gasteiger partial charge on any atom is -0.490 e. The second kappa shape index (κ2) is 6.89. The second-order valence-electron chi connectivity index (χ2n) is 5.05. The van der Waals surface area contributed by atoms with Crippen molar-refractivity contribution in [3.05, 3.63) is 29.3 Å². The third kappa shape index (κ3) is 3.93. The van der Waals surface area contributed by atoms with Gasteiger partial charge in [-0.25, -0.2) is 0 Å². The summed E-state index contributed by atoms with van der Waals surface area (Å²) in [6, 6.07) is 6.15. The third-order valence-electron chi connectivity index (χ3n) is 3.46. The van der Waals surface area contributed by atoms with Crippen LogP contribution < -0.4 is 4.74 Å². The van der Waals surface area contributed by atoms with Crippen molar-refractivity contribution in [2.24, 2.45) is 0 Å². The molecule has 19 heavy (non-hydrogen) atoms. The molecule has 1 aliphatic heterocycles. The van der Waals surface area contributed by atoms with E-state index in [0.717, 1.165) is 30.0 Å². The van der Waals surface area contributed by atoms with E-state index in [-0.39, 0.29) is 12.7 Å². The van der Waals surface area contributed by atoms with Crippen LogP contribution in [0.5, 0.6) is 5.75 Å². The molecule has 106 valence electrons. The van der Waals surface area contributed by atoms with Crippen molar-refractivity contribution in [1.82, 2.24) is 4.90 Å². The Morgan fingerprint density at radius 2 is 2.11 bits per heavy atom. The van der Waals surface area contributed by atoms with Crippen molar-refractivity contribution in [3.8, 4) is 5.75 Å². The molecule has 4 heteroatoms. The second-order valence-corrected chi connectivity index (χ2v) is 5.05. The normalized spacial score (nSPS) is 20.5. The molecule has 1 N–H and O–H groups in total. The fraction of sp³-hybridized carbons (Fsp3) is 0.600. The van der Waals surface area contributed by atoms with E-state index in [1.807, 2.05) is 6.07 Å². The number of morpholine rings is 1. The zero-order valence-corrected chi connectivity index (χ0v) is 11.8. The monoisotopic (exact) mass is 265 g/mol. The molecule has 1 saturated heterocycles. The molecule has 0 saturated carbocycles. The topological polar surface area (TPSA) is 41.9 Å². The van der Waals surface area contributed by atoms with E-state index in [0.29, 0.717) is 19.8 Å². The highest BCUT2D eigenvalue weighted by atomic mass is 16.5. The van der Waals surface area contributed by atoms with Crippen LogP contribution >= 0.6 is 0 Å². The van der Waals surface area contributed by atoms with Gasteiger partial charge in [-0.15, -0.1) is 0 Å². The lowest BCUT2D eigenvalue weighted by atomic mass is 10.1. The first-order valence-electron chi connectivity index (χ1n) is 6.84. The van der Waals surface area contributed by atoms with Crippen molar-refractivity contribution in [3.63, 3.8) is 0 Å². The van der Waals surface area contributed by atoms with Gasteiger partial charge in [0, 0.05) is 19.6 Å². The summed E-state index contributed by atoms with van der Waals surface area (Å²) in [6.07, 6.45) is 0.0827. The van der Waals surface area contributed by atoms with Crippen LogP contribution in [0.2, 0.25) is 0 Å². The summed E-state index contributed by atoms with van der Waals surface area (Å²) in [5.41, 5.74) is 2.31. The van der Waals surface area contributed by atoms with Crippen LogP contribution in [-0.4, -0.2) is 55.6 Å². The summed E-state index contributed by atoms with van der Waals surface area (Å²) in [5.74, 6) is 0.963. The zero-order chi connectivity index (χ0) is 13.7. The van der Waals surface area contributed by atoms with Crippen LogP contribution in [0.25, 0.3) is 0 Å². The molecule has 0 radical (unpaired) electrons. The molecule has 0 spiro atoms. The SMILES string of the molecule is Cc1cccc(C)c1OCC1CN(CCO)CCO1. The maximum Gasteiger partial charge on any atom is 0.125 e. The lowest BCUT2D eigenvalue weighted by molar-refractivity contribution is -0.0509. The van der Waals surface area contributed by atoms with E-state index in [2.05, 4.69) is 30.9 Å². The van der Waals surface area contributed by atoms with Crippen LogP contribution in [0.1, 0.15) is 11.1 Å². The summed E-state index contributed by atoms with van der Waals surface area (Å²) in [7, 11) is 0. The van der Waals surface area contributed by atoms with E-state index >= 15 is 0 Å². The number of aliphatic hydroxyl groups is 1. The van der Waals surface area contributed by atoms with Crippen molar-refractivity contribution in [2.75, 3.05) is 39.5 Å². The van der Waals surface area contributed by atoms with E-state index < -0.39 is 0 Å². The minimum absolute atomic E-state index is 0.0827. The maximum atomic E-state index is 8.97. The van der Waals surface area contributed by atoms with Gasteiger partial charge in [-0.1, -0.05) is 18.2 Å². The molecule has 1 fully saturated rings. The van der Waals surface area contributed by atoms with Crippen LogP contribution in [0.15, 0.2) is 18.2 Å². The Labute approximate surface area is 114 Å². The van der Waals surface area contributed by atoms with Gasteiger partial charge in [-0.3, -0.25) is 4.90 Å². The Bertz CT molecular complexity index is 386. The first kappa shape index (κ1) is 14.3. The lowest BCUT2D eigenvalue weighted by Crippen LogP contribution is -2.45. The Hall–Kier alpha value is -1.10. The number of hydrogen-bond acceptors (Lipinski definition) is 4. The maximum absolute atomic E-state index is 8.97. The van der Waals surface area contributed by atoms with Crippen LogP contribution in [-0.2, 0) is 4.74 Å². The lowest BCUT2D eigenvalue weighted by Gasteiger charge is -2.32. The van der Waals surface area contributed by atoms with Gasteiger partial charge in [0.2, 0.25) is 0 Å². The first-order valence-corrected chi connectivity index (χ1v) is 6.84. The standard InChI is InChI=1S/C15H23NO3/c1-12-4-3-5-13(2)15(12)19-11-14-10-16(6-8-17)7-9-18-14/h3-5,14,17H,6-11H2,1-2H3. The number of aliphatic hydroxyl groups excluding tert-OH is 1. The van der Waals surface area contributed by atoms with Gasteiger partial charge in [0.15, 0.2) is 0 Å². The molecule has 1 atom stereocenters. The van der Waals surface area contributed by atoms with Crippen molar-refractivity contribution < 1.29 is 14.6 Å². The fourth-order valence-electron chi connectivity index (χ4n) is 2.43. The van der Waals surface area contributed by atoms with Crippen molar-refractivity contribution >= 4 is 0 Å². The van der Waals surface area contributed by atoms with Crippen molar-refractivity contribution in [1.29, 1.82) is 0 Å². The zero-order valence-electron chi connectivity index (χ0n) is 11.8. The molecule has 0 bridgehead atoms. The molecule has 1 aromatic rings. The molecule has 2 rings (SSSR count). The quantitative estimate of drug-likeness (QED) is 0.873. The van der Waals surface area contributed by atoms with Crippen LogP contribution in [0, 0.1) is 13.8 Å².